The highest BCUT2D eigenvalue weighted by Crippen LogP contribution is 2.16. The zero-order valence-corrected chi connectivity index (χ0v) is 12.5. The van der Waals surface area contributed by atoms with Crippen molar-refractivity contribution in [2.75, 3.05) is 5.32 Å². The molecular weight excluding hydrogens is 250 g/mol. The zero-order chi connectivity index (χ0) is 14.7. The lowest BCUT2D eigenvalue weighted by atomic mass is 10.1. The van der Waals surface area contributed by atoms with E-state index in [2.05, 4.69) is 10.4 Å². The first-order chi connectivity index (χ1) is 9.45. The highest BCUT2D eigenvalue weighted by Gasteiger charge is 2.11. The van der Waals surface area contributed by atoms with Crippen molar-refractivity contribution in [3.05, 3.63) is 47.2 Å². The standard InChI is InChI=1S/C16H21N3O/c1-11(2)19-15(9-13(4)18-19)17-16(20)10-14-7-5-12(3)6-8-14/h5-9,11H,10H2,1-4H3,(H,17,20). The molecule has 2 aromatic rings. The Balaban J connectivity index is 2.06. The second-order valence-electron chi connectivity index (χ2n) is 5.42. The highest BCUT2D eigenvalue weighted by molar-refractivity contribution is 5.91. The number of anilines is 1. The molecule has 0 aliphatic heterocycles. The van der Waals surface area contributed by atoms with Gasteiger partial charge in [0.25, 0.3) is 0 Å². The van der Waals surface area contributed by atoms with Crippen LogP contribution in [-0.2, 0) is 11.2 Å². The Hall–Kier alpha value is -2.10. The van der Waals surface area contributed by atoms with Gasteiger partial charge in [-0.15, -0.1) is 0 Å². The van der Waals surface area contributed by atoms with Crippen LogP contribution in [-0.4, -0.2) is 15.7 Å². The van der Waals surface area contributed by atoms with E-state index in [0.29, 0.717) is 6.42 Å². The Morgan fingerprint density at radius 3 is 2.50 bits per heavy atom. The van der Waals surface area contributed by atoms with Crippen molar-refractivity contribution in [3.63, 3.8) is 0 Å². The van der Waals surface area contributed by atoms with Crippen LogP contribution in [0.4, 0.5) is 5.82 Å². The van der Waals surface area contributed by atoms with Crippen molar-refractivity contribution >= 4 is 11.7 Å². The summed E-state index contributed by atoms with van der Waals surface area (Å²) in [6.45, 7) is 8.05. The third-order valence-corrected chi connectivity index (χ3v) is 3.10. The van der Waals surface area contributed by atoms with Gasteiger partial charge in [-0.05, 0) is 33.3 Å². The number of nitrogens with one attached hydrogen (secondary N) is 1. The van der Waals surface area contributed by atoms with Gasteiger partial charge in [-0.25, -0.2) is 4.68 Å². The Labute approximate surface area is 119 Å². The summed E-state index contributed by atoms with van der Waals surface area (Å²) in [5.74, 6) is 0.741. The molecule has 0 radical (unpaired) electrons. The van der Waals surface area contributed by atoms with E-state index in [1.54, 1.807) is 0 Å². The lowest BCUT2D eigenvalue weighted by Gasteiger charge is -2.11. The molecule has 0 aliphatic carbocycles. The monoisotopic (exact) mass is 271 g/mol. The number of nitrogens with zero attached hydrogens (tertiary/aromatic N) is 2. The van der Waals surface area contributed by atoms with E-state index < -0.39 is 0 Å². The van der Waals surface area contributed by atoms with Crippen LogP contribution >= 0.6 is 0 Å². The number of rotatable bonds is 4. The van der Waals surface area contributed by atoms with E-state index >= 15 is 0 Å². The van der Waals surface area contributed by atoms with Crippen LogP contribution in [0.5, 0.6) is 0 Å². The average molecular weight is 271 g/mol. The van der Waals surface area contributed by atoms with E-state index in [4.69, 9.17) is 0 Å². The van der Waals surface area contributed by atoms with Gasteiger partial charge < -0.3 is 5.32 Å². The zero-order valence-electron chi connectivity index (χ0n) is 12.5. The second-order valence-corrected chi connectivity index (χ2v) is 5.42. The lowest BCUT2D eigenvalue weighted by Crippen LogP contribution is -2.18. The molecule has 0 aliphatic rings. The van der Waals surface area contributed by atoms with Gasteiger partial charge in [0.1, 0.15) is 5.82 Å². The van der Waals surface area contributed by atoms with Crippen molar-refractivity contribution in [1.29, 1.82) is 0 Å². The molecule has 1 aromatic heterocycles. The molecule has 1 heterocycles. The number of carbonyl (C=O) groups is 1. The minimum atomic E-state index is -0.0179. The maximum absolute atomic E-state index is 12.1. The van der Waals surface area contributed by atoms with Crippen molar-refractivity contribution in [1.82, 2.24) is 9.78 Å². The quantitative estimate of drug-likeness (QED) is 0.927. The third kappa shape index (κ3) is 3.47. The maximum atomic E-state index is 12.1. The molecule has 0 unspecified atom stereocenters. The Bertz CT molecular complexity index is 597. The van der Waals surface area contributed by atoms with Crippen LogP contribution in [0, 0.1) is 13.8 Å². The SMILES string of the molecule is Cc1ccc(CC(=O)Nc2cc(C)nn2C(C)C)cc1. The fraction of sp³-hybridized carbons (Fsp3) is 0.375. The lowest BCUT2D eigenvalue weighted by molar-refractivity contribution is -0.115. The molecule has 1 aromatic carbocycles. The number of benzene rings is 1. The van der Waals surface area contributed by atoms with Crippen LogP contribution in [0.2, 0.25) is 0 Å². The molecule has 4 nitrogen and oxygen atoms in total. The first-order valence-corrected chi connectivity index (χ1v) is 6.87. The predicted octanol–water partition coefficient (Wildman–Crippen LogP) is 3.26. The normalized spacial score (nSPS) is 10.8. The Morgan fingerprint density at radius 2 is 1.90 bits per heavy atom. The van der Waals surface area contributed by atoms with Crippen LogP contribution in [0.1, 0.15) is 36.7 Å². The summed E-state index contributed by atoms with van der Waals surface area (Å²) in [4.78, 5) is 12.1. The predicted molar refractivity (Wildman–Crippen MR) is 80.9 cm³/mol. The molecule has 0 fully saturated rings. The summed E-state index contributed by atoms with van der Waals surface area (Å²) in [6, 6.07) is 10.1. The molecular formula is C16H21N3O. The maximum Gasteiger partial charge on any atom is 0.229 e. The smallest absolute Gasteiger partial charge is 0.229 e. The summed E-state index contributed by atoms with van der Waals surface area (Å²) >= 11 is 0. The van der Waals surface area contributed by atoms with Crippen molar-refractivity contribution in [3.8, 4) is 0 Å². The van der Waals surface area contributed by atoms with Crippen molar-refractivity contribution < 1.29 is 4.79 Å². The Morgan fingerprint density at radius 1 is 1.25 bits per heavy atom. The summed E-state index contributed by atoms with van der Waals surface area (Å²) in [6.07, 6.45) is 0.378. The van der Waals surface area contributed by atoms with Crippen LogP contribution < -0.4 is 5.32 Å². The molecule has 20 heavy (non-hydrogen) atoms. The minimum Gasteiger partial charge on any atom is -0.311 e. The summed E-state index contributed by atoms with van der Waals surface area (Å²) in [5.41, 5.74) is 3.12. The summed E-state index contributed by atoms with van der Waals surface area (Å²) < 4.78 is 1.84. The van der Waals surface area contributed by atoms with Gasteiger partial charge in [-0.1, -0.05) is 29.8 Å². The molecule has 0 saturated carbocycles. The highest BCUT2D eigenvalue weighted by atomic mass is 16.1. The molecule has 0 atom stereocenters. The largest absolute Gasteiger partial charge is 0.311 e. The van der Waals surface area contributed by atoms with Gasteiger partial charge in [0.15, 0.2) is 0 Å². The number of hydrogen-bond acceptors (Lipinski definition) is 2. The molecule has 0 spiro atoms. The van der Waals surface area contributed by atoms with Gasteiger partial charge in [0, 0.05) is 12.1 Å². The fourth-order valence-electron chi connectivity index (χ4n) is 2.08. The first-order valence-electron chi connectivity index (χ1n) is 6.87. The van der Waals surface area contributed by atoms with Crippen molar-refractivity contribution in [2.24, 2.45) is 0 Å². The molecule has 2 rings (SSSR count). The van der Waals surface area contributed by atoms with Crippen LogP contribution in [0.3, 0.4) is 0 Å². The van der Waals surface area contributed by atoms with E-state index in [0.717, 1.165) is 17.1 Å². The van der Waals surface area contributed by atoms with Gasteiger partial charge in [-0.3, -0.25) is 4.79 Å². The van der Waals surface area contributed by atoms with Crippen molar-refractivity contribution in [2.45, 2.75) is 40.2 Å². The summed E-state index contributed by atoms with van der Waals surface area (Å²) in [7, 11) is 0. The summed E-state index contributed by atoms with van der Waals surface area (Å²) in [5, 5.41) is 7.32. The Kier molecular flexibility index (Phi) is 4.23. The number of amides is 1. The molecule has 0 saturated heterocycles. The number of aromatic nitrogens is 2. The van der Waals surface area contributed by atoms with E-state index in [9.17, 15) is 4.79 Å². The molecule has 0 bridgehead atoms. The van der Waals surface area contributed by atoms with Gasteiger partial charge in [-0.2, -0.15) is 5.10 Å². The number of hydrogen-bond donors (Lipinski definition) is 1. The number of carbonyl (C=O) groups excluding carboxylic acids is 1. The average Bonchev–Trinajstić information content (AvgIpc) is 2.73. The van der Waals surface area contributed by atoms with Gasteiger partial charge in [0.05, 0.1) is 12.1 Å². The van der Waals surface area contributed by atoms with E-state index in [1.165, 1.54) is 5.56 Å². The second kappa shape index (κ2) is 5.90. The molecule has 1 amide bonds. The van der Waals surface area contributed by atoms with E-state index in [1.807, 2.05) is 62.7 Å². The van der Waals surface area contributed by atoms with Crippen LogP contribution in [0.25, 0.3) is 0 Å². The molecule has 1 N–H and O–H groups in total. The third-order valence-electron chi connectivity index (χ3n) is 3.10. The minimum absolute atomic E-state index is 0.0179. The topological polar surface area (TPSA) is 46.9 Å². The fourth-order valence-corrected chi connectivity index (χ4v) is 2.08. The van der Waals surface area contributed by atoms with Gasteiger partial charge >= 0.3 is 0 Å². The van der Waals surface area contributed by atoms with Crippen LogP contribution in [0.15, 0.2) is 30.3 Å². The van der Waals surface area contributed by atoms with E-state index in [-0.39, 0.29) is 11.9 Å². The molecule has 106 valence electrons. The first kappa shape index (κ1) is 14.3. The molecule has 4 heteroatoms. The number of aryl methyl sites for hydroxylation is 2. The van der Waals surface area contributed by atoms with Gasteiger partial charge in [0.2, 0.25) is 5.91 Å².